The third-order valence-corrected chi connectivity index (χ3v) is 6.94. The Morgan fingerprint density at radius 2 is 1.37 bits per heavy atom. The van der Waals surface area contributed by atoms with Gasteiger partial charge in [0.2, 0.25) is 0 Å². The van der Waals surface area contributed by atoms with Crippen LogP contribution in [0.5, 0.6) is 0 Å². The van der Waals surface area contributed by atoms with E-state index in [0.717, 1.165) is 17.9 Å². The predicted octanol–water partition coefficient (Wildman–Crippen LogP) is 4.42. The smallest absolute Gasteiger partial charge is 0.321 e. The van der Waals surface area contributed by atoms with Crippen LogP contribution in [0.15, 0.2) is 0 Å². The van der Waals surface area contributed by atoms with Crippen molar-refractivity contribution >= 4 is 9.28 Å². The molecule has 0 spiro atoms. The van der Waals surface area contributed by atoms with Crippen LogP contribution in [0, 0.1) is 11.8 Å². The summed E-state index contributed by atoms with van der Waals surface area (Å²) in [5, 5.41) is 0. The van der Waals surface area contributed by atoms with Gasteiger partial charge in [0.25, 0.3) is 0 Å². The Kier molecular flexibility index (Phi) is 6.89. The van der Waals surface area contributed by atoms with E-state index in [1.165, 1.54) is 64.2 Å². The first-order chi connectivity index (χ1) is 9.35. The molecule has 19 heavy (non-hydrogen) atoms. The predicted molar refractivity (Wildman–Crippen MR) is 82.7 cm³/mol. The zero-order chi connectivity index (χ0) is 13.5. The molecule has 2 fully saturated rings. The van der Waals surface area contributed by atoms with Crippen molar-refractivity contribution < 1.29 is 8.85 Å². The van der Waals surface area contributed by atoms with Crippen LogP contribution in [0.1, 0.15) is 71.1 Å². The van der Waals surface area contributed by atoms with E-state index >= 15 is 0 Å². The average molecular weight is 285 g/mol. The van der Waals surface area contributed by atoms with Crippen LogP contribution in [-0.2, 0) is 8.85 Å². The van der Waals surface area contributed by atoms with Gasteiger partial charge >= 0.3 is 9.28 Å². The van der Waals surface area contributed by atoms with Gasteiger partial charge in [-0.1, -0.05) is 45.4 Å². The van der Waals surface area contributed by atoms with E-state index in [4.69, 9.17) is 8.85 Å². The highest BCUT2D eigenvalue weighted by Crippen LogP contribution is 2.37. The molecule has 0 aliphatic heterocycles. The van der Waals surface area contributed by atoms with Crippen molar-refractivity contribution in [1.82, 2.24) is 0 Å². The highest BCUT2D eigenvalue weighted by molar-refractivity contribution is 6.44. The zero-order valence-corrected chi connectivity index (χ0v) is 14.1. The Hall–Kier alpha value is 0.137. The minimum Gasteiger partial charge on any atom is -0.400 e. The molecular formula is C16H32O2Si. The fourth-order valence-electron chi connectivity index (χ4n) is 4.03. The highest BCUT2D eigenvalue weighted by Gasteiger charge is 2.33. The third-order valence-electron chi connectivity index (χ3n) is 5.13. The third kappa shape index (κ3) is 4.57. The van der Waals surface area contributed by atoms with Crippen molar-refractivity contribution in [3.8, 4) is 0 Å². The maximum Gasteiger partial charge on any atom is 0.321 e. The van der Waals surface area contributed by atoms with Crippen LogP contribution in [-0.4, -0.2) is 22.5 Å². The van der Waals surface area contributed by atoms with Crippen molar-refractivity contribution in [2.45, 2.75) is 83.3 Å². The number of hydrogen-bond donors (Lipinski definition) is 0. The summed E-state index contributed by atoms with van der Waals surface area (Å²) in [5.41, 5.74) is 0. The molecule has 0 heterocycles. The molecule has 3 heteroatoms. The molecule has 2 rings (SSSR count). The standard InChI is InChI=1S/C16H32O2Si/c1-3-19(17-2)18-16(14-10-6-4-7-11-14)15-12-8-5-9-13-15/h14-16,19H,3-13H2,1-2H3. The Morgan fingerprint density at radius 3 is 1.74 bits per heavy atom. The molecule has 1 unspecified atom stereocenters. The van der Waals surface area contributed by atoms with E-state index in [-0.39, 0.29) is 0 Å². The summed E-state index contributed by atoms with van der Waals surface area (Å²) >= 11 is 0. The Balaban J connectivity index is 1.97. The van der Waals surface area contributed by atoms with Crippen LogP contribution in [0.3, 0.4) is 0 Å². The van der Waals surface area contributed by atoms with Crippen molar-refractivity contribution in [3.05, 3.63) is 0 Å². The topological polar surface area (TPSA) is 18.5 Å². The van der Waals surface area contributed by atoms with E-state index in [9.17, 15) is 0 Å². The molecule has 112 valence electrons. The minimum absolute atomic E-state index is 0.525. The van der Waals surface area contributed by atoms with E-state index < -0.39 is 9.28 Å². The first kappa shape index (κ1) is 15.5. The fourth-order valence-corrected chi connectivity index (χ4v) is 5.46. The molecule has 2 nitrogen and oxygen atoms in total. The molecular weight excluding hydrogens is 252 g/mol. The van der Waals surface area contributed by atoms with Gasteiger partial charge in [-0.2, -0.15) is 0 Å². The summed E-state index contributed by atoms with van der Waals surface area (Å²) in [5.74, 6) is 1.65. The van der Waals surface area contributed by atoms with Gasteiger partial charge in [-0.15, -0.1) is 0 Å². The summed E-state index contributed by atoms with van der Waals surface area (Å²) in [6.45, 7) is 2.22. The Bertz CT molecular complexity index is 213. The van der Waals surface area contributed by atoms with Gasteiger partial charge in [-0.3, -0.25) is 0 Å². The second-order valence-corrected chi connectivity index (χ2v) is 8.89. The molecule has 0 aromatic carbocycles. The summed E-state index contributed by atoms with van der Waals surface area (Å²) in [6.07, 6.45) is 14.7. The van der Waals surface area contributed by atoms with Crippen LogP contribution in [0.25, 0.3) is 0 Å². The molecule has 2 aliphatic carbocycles. The van der Waals surface area contributed by atoms with E-state index in [1.807, 2.05) is 7.11 Å². The maximum atomic E-state index is 6.54. The second kappa shape index (κ2) is 8.43. The van der Waals surface area contributed by atoms with E-state index in [0.29, 0.717) is 6.10 Å². The van der Waals surface area contributed by atoms with Crippen LogP contribution in [0.2, 0.25) is 6.04 Å². The lowest BCUT2D eigenvalue weighted by Gasteiger charge is -2.39. The molecule has 0 aromatic rings. The average Bonchev–Trinajstić information content (AvgIpc) is 2.50. The van der Waals surface area contributed by atoms with Crippen molar-refractivity contribution in [2.24, 2.45) is 11.8 Å². The summed E-state index contributed by atoms with van der Waals surface area (Å²) < 4.78 is 12.2. The van der Waals surface area contributed by atoms with E-state index in [1.54, 1.807) is 0 Å². The minimum atomic E-state index is -1.39. The number of hydrogen-bond acceptors (Lipinski definition) is 2. The number of rotatable bonds is 6. The molecule has 0 radical (unpaired) electrons. The molecule has 0 saturated heterocycles. The van der Waals surface area contributed by atoms with Gasteiger partial charge in [0.1, 0.15) is 0 Å². The fraction of sp³-hybridized carbons (Fsp3) is 1.00. The molecule has 2 aliphatic rings. The SMILES string of the molecule is CC[SiH](OC)OC(C1CCCCC1)C1CCCCC1. The second-order valence-electron chi connectivity index (χ2n) is 6.47. The lowest BCUT2D eigenvalue weighted by Crippen LogP contribution is -2.39. The lowest BCUT2D eigenvalue weighted by atomic mass is 9.75. The van der Waals surface area contributed by atoms with Gasteiger partial charge in [-0.05, 0) is 43.6 Å². The van der Waals surface area contributed by atoms with Gasteiger partial charge in [-0.25, -0.2) is 0 Å². The maximum absolute atomic E-state index is 6.54. The van der Waals surface area contributed by atoms with Gasteiger partial charge in [0.15, 0.2) is 0 Å². The van der Waals surface area contributed by atoms with Gasteiger partial charge < -0.3 is 8.85 Å². The largest absolute Gasteiger partial charge is 0.400 e. The molecule has 1 atom stereocenters. The molecule has 0 N–H and O–H groups in total. The zero-order valence-electron chi connectivity index (χ0n) is 12.9. The summed E-state index contributed by atoms with van der Waals surface area (Å²) in [4.78, 5) is 0. The van der Waals surface area contributed by atoms with Gasteiger partial charge in [0.05, 0.1) is 6.10 Å². The molecule has 0 bridgehead atoms. The molecule has 0 amide bonds. The lowest BCUT2D eigenvalue weighted by molar-refractivity contribution is 0.0196. The van der Waals surface area contributed by atoms with Crippen molar-refractivity contribution in [1.29, 1.82) is 0 Å². The van der Waals surface area contributed by atoms with E-state index in [2.05, 4.69) is 6.92 Å². The summed E-state index contributed by atoms with van der Waals surface area (Å²) in [6, 6.07) is 1.10. The first-order valence-corrected chi connectivity index (χ1v) is 10.3. The van der Waals surface area contributed by atoms with Crippen molar-refractivity contribution in [3.63, 3.8) is 0 Å². The quantitative estimate of drug-likeness (QED) is 0.672. The molecule has 2 saturated carbocycles. The Labute approximate surface area is 121 Å². The van der Waals surface area contributed by atoms with Crippen LogP contribution < -0.4 is 0 Å². The monoisotopic (exact) mass is 284 g/mol. The highest BCUT2D eigenvalue weighted by atomic mass is 28.3. The van der Waals surface area contributed by atoms with Gasteiger partial charge in [0, 0.05) is 7.11 Å². The molecule has 0 aromatic heterocycles. The van der Waals surface area contributed by atoms with Crippen molar-refractivity contribution in [2.75, 3.05) is 7.11 Å². The summed E-state index contributed by atoms with van der Waals surface area (Å²) in [7, 11) is 0.454. The normalized spacial score (nSPS) is 24.8. The van der Waals surface area contributed by atoms with Crippen LogP contribution in [0.4, 0.5) is 0 Å². The Morgan fingerprint density at radius 1 is 0.895 bits per heavy atom. The first-order valence-electron chi connectivity index (χ1n) is 8.53. The van der Waals surface area contributed by atoms with Crippen LogP contribution >= 0.6 is 0 Å².